The topological polar surface area (TPSA) is 65.5 Å². The fourth-order valence-corrected chi connectivity index (χ4v) is 1.98. The van der Waals surface area contributed by atoms with Gasteiger partial charge in [0, 0.05) is 12.3 Å². The highest BCUT2D eigenvalue weighted by Crippen LogP contribution is 2.19. The molecule has 0 atom stereocenters. The summed E-state index contributed by atoms with van der Waals surface area (Å²) in [4.78, 5) is 28.0. The van der Waals surface area contributed by atoms with E-state index in [2.05, 4.69) is 4.98 Å². The van der Waals surface area contributed by atoms with Crippen molar-refractivity contribution in [2.24, 2.45) is 0 Å². The van der Waals surface area contributed by atoms with Gasteiger partial charge in [-0.25, -0.2) is 14.6 Å². The normalized spacial score (nSPS) is 10.0. The summed E-state index contributed by atoms with van der Waals surface area (Å²) >= 11 is 0. The van der Waals surface area contributed by atoms with Gasteiger partial charge >= 0.3 is 11.9 Å². The zero-order valence-corrected chi connectivity index (χ0v) is 12.6. The van der Waals surface area contributed by atoms with Crippen molar-refractivity contribution in [3.05, 3.63) is 90.1 Å². The van der Waals surface area contributed by atoms with Crippen LogP contribution in [0.3, 0.4) is 0 Å². The maximum Gasteiger partial charge on any atom is 0.344 e. The fourth-order valence-electron chi connectivity index (χ4n) is 1.98. The van der Waals surface area contributed by atoms with E-state index in [0.717, 1.165) is 0 Å². The Hall–Kier alpha value is -3.47. The van der Waals surface area contributed by atoms with Crippen LogP contribution in [0.5, 0.6) is 11.6 Å². The third kappa shape index (κ3) is 3.84. The lowest BCUT2D eigenvalue weighted by Crippen LogP contribution is -2.10. The molecule has 0 aliphatic rings. The van der Waals surface area contributed by atoms with Crippen LogP contribution >= 0.6 is 0 Å². The molecule has 0 spiro atoms. The number of nitrogens with zero attached hydrogens (tertiary/aromatic N) is 1. The monoisotopic (exact) mass is 319 g/mol. The summed E-state index contributed by atoms with van der Waals surface area (Å²) in [6.45, 7) is 0. The molecule has 0 amide bonds. The molecule has 3 rings (SSSR count). The molecular weight excluding hydrogens is 306 g/mol. The van der Waals surface area contributed by atoms with E-state index >= 15 is 0 Å². The number of hydrogen-bond donors (Lipinski definition) is 0. The molecule has 2 aromatic carbocycles. The largest absolute Gasteiger partial charge is 0.423 e. The van der Waals surface area contributed by atoms with E-state index in [9.17, 15) is 9.59 Å². The van der Waals surface area contributed by atoms with E-state index in [0.29, 0.717) is 11.1 Å². The number of carbonyl (C=O) groups is 2. The average Bonchev–Trinajstić information content (AvgIpc) is 2.63. The van der Waals surface area contributed by atoms with Crippen LogP contribution in [0.2, 0.25) is 0 Å². The minimum absolute atomic E-state index is 0.0576. The minimum atomic E-state index is -0.533. The molecule has 0 aliphatic heterocycles. The fraction of sp³-hybridized carbons (Fsp3) is 0. The summed E-state index contributed by atoms with van der Waals surface area (Å²) in [6.07, 6.45) is 1.40. The van der Waals surface area contributed by atoms with Crippen LogP contribution in [0.15, 0.2) is 79.0 Å². The molecule has 3 aromatic rings. The summed E-state index contributed by atoms with van der Waals surface area (Å²) < 4.78 is 10.4. The predicted octanol–water partition coefficient (Wildman–Crippen LogP) is 3.52. The molecule has 0 unspecified atom stereocenters. The summed E-state index contributed by atoms with van der Waals surface area (Å²) in [5, 5.41) is 0. The first kappa shape index (κ1) is 15.4. The Kier molecular flexibility index (Phi) is 4.62. The van der Waals surface area contributed by atoms with Crippen molar-refractivity contribution in [3.8, 4) is 11.6 Å². The Morgan fingerprint density at radius 3 is 1.83 bits per heavy atom. The molecule has 0 bridgehead atoms. The Balaban J connectivity index is 1.70. The molecule has 0 saturated heterocycles. The van der Waals surface area contributed by atoms with Crippen molar-refractivity contribution in [2.75, 3.05) is 0 Å². The highest BCUT2D eigenvalue weighted by Gasteiger charge is 2.12. The van der Waals surface area contributed by atoms with Gasteiger partial charge in [0.2, 0.25) is 5.88 Å². The smallest absolute Gasteiger partial charge is 0.344 e. The van der Waals surface area contributed by atoms with Crippen LogP contribution in [0.1, 0.15) is 20.7 Å². The van der Waals surface area contributed by atoms with Crippen LogP contribution in [-0.2, 0) is 0 Å². The SMILES string of the molecule is O=C(Oc1ccnc(OC(=O)c2ccccc2)c1)c1ccccc1. The van der Waals surface area contributed by atoms with Crippen LogP contribution < -0.4 is 9.47 Å². The Labute approximate surface area is 138 Å². The predicted molar refractivity (Wildman–Crippen MR) is 87.0 cm³/mol. The second-order valence-electron chi connectivity index (χ2n) is 4.84. The van der Waals surface area contributed by atoms with Gasteiger partial charge in [0.1, 0.15) is 5.75 Å². The van der Waals surface area contributed by atoms with E-state index in [-0.39, 0.29) is 11.6 Å². The zero-order chi connectivity index (χ0) is 16.8. The Bertz CT molecular complexity index is 779. The molecule has 0 saturated carbocycles. The number of esters is 2. The number of rotatable bonds is 4. The van der Waals surface area contributed by atoms with Crippen LogP contribution in [0.25, 0.3) is 0 Å². The highest BCUT2D eigenvalue weighted by molar-refractivity contribution is 5.91. The number of benzene rings is 2. The molecule has 24 heavy (non-hydrogen) atoms. The Morgan fingerprint density at radius 2 is 1.25 bits per heavy atom. The number of carbonyl (C=O) groups excluding carboxylic acids is 2. The summed E-state index contributed by atoms with van der Waals surface area (Å²) in [7, 11) is 0. The Morgan fingerprint density at radius 1 is 0.708 bits per heavy atom. The molecule has 0 fully saturated rings. The van der Waals surface area contributed by atoms with Crippen molar-refractivity contribution >= 4 is 11.9 Å². The third-order valence-electron chi connectivity index (χ3n) is 3.13. The summed E-state index contributed by atoms with van der Waals surface area (Å²) in [5.74, 6) is -0.728. The summed E-state index contributed by atoms with van der Waals surface area (Å²) in [6, 6.07) is 20.1. The third-order valence-corrected chi connectivity index (χ3v) is 3.13. The first-order chi connectivity index (χ1) is 11.7. The lowest BCUT2D eigenvalue weighted by molar-refractivity contribution is 0.0726. The standard InChI is InChI=1S/C19H13NO4/c21-18(14-7-3-1-4-8-14)23-16-11-12-20-17(13-16)24-19(22)15-9-5-2-6-10-15/h1-13H. The maximum absolute atomic E-state index is 12.0. The van der Waals surface area contributed by atoms with Crippen LogP contribution in [0.4, 0.5) is 0 Å². The maximum atomic E-state index is 12.0. The lowest BCUT2D eigenvalue weighted by atomic mass is 10.2. The minimum Gasteiger partial charge on any atom is -0.423 e. The molecule has 1 heterocycles. The first-order valence-corrected chi connectivity index (χ1v) is 7.23. The van der Waals surface area contributed by atoms with E-state index < -0.39 is 11.9 Å². The second kappa shape index (κ2) is 7.19. The molecule has 118 valence electrons. The van der Waals surface area contributed by atoms with Gasteiger partial charge < -0.3 is 9.47 Å². The molecule has 5 nitrogen and oxygen atoms in total. The molecular formula is C19H13NO4. The number of ether oxygens (including phenoxy) is 2. The van der Waals surface area contributed by atoms with Gasteiger partial charge in [0.25, 0.3) is 0 Å². The van der Waals surface area contributed by atoms with Gasteiger partial charge in [-0.15, -0.1) is 0 Å². The van der Waals surface area contributed by atoms with E-state index in [1.54, 1.807) is 54.6 Å². The van der Waals surface area contributed by atoms with Gasteiger partial charge in [-0.3, -0.25) is 0 Å². The molecule has 0 aliphatic carbocycles. The van der Waals surface area contributed by atoms with Gasteiger partial charge in [-0.05, 0) is 30.3 Å². The number of hydrogen-bond acceptors (Lipinski definition) is 5. The van der Waals surface area contributed by atoms with Crippen molar-refractivity contribution in [1.29, 1.82) is 0 Å². The van der Waals surface area contributed by atoms with Crippen LogP contribution in [-0.4, -0.2) is 16.9 Å². The first-order valence-electron chi connectivity index (χ1n) is 7.23. The molecule has 5 heteroatoms. The van der Waals surface area contributed by atoms with Crippen LogP contribution in [0, 0.1) is 0 Å². The van der Waals surface area contributed by atoms with Gasteiger partial charge in [-0.1, -0.05) is 36.4 Å². The van der Waals surface area contributed by atoms with E-state index in [1.807, 2.05) is 6.07 Å². The second-order valence-corrected chi connectivity index (χ2v) is 4.84. The quantitative estimate of drug-likeness (QED) is 0.688. The number of pyridine rings is 1. The number of aromatic nitrogens is 1. The molecule has 0 N–H and O–H groups in total. The average molecular weight is 319 g/mol. The van der Waals surface area contributed by atoms with Crippen molar-refractivity contribution in [1.82, 2.24) is 4.98 Å². The van der Waals surface area contributed by atoms with Gasteiger partial charge in [-0.2, -0.15) is 0 Å². The van der Waals surface area contributed by atoms with Crippen molar-refractivity contribution < 1.29 is 19.1 Å². The summed E-state index contributed by atoms with van der Waals surface area (Å²) in [5.41, 5.74) is 0.836. The zero-order valence-electron chi connectivity index (χ0n) is 12.6. The van der Waals surface area contributed by atoms with Gasteiger partial charge in [0.15, 0.2) is 0 Å². The van der Waals surface area contributed by atoms with Crippen molar-refractivity contribution in [2.45, 2.75) is 0 Å². The highest BCUT2D eigenvalue weighted by atomic mass is 16.5. The molecule has 0 radical (unpaired) electrons. The lowest BCUT2D eigenvalue weighted by Gasteiger charge is -2.06. The molecule has 1 aromatic heterocycles. The van der Waals surface area contributed by atoms with E-state index in [4.69, 9.17) is 9.47 Å². The van der Waals surface area contributed by atoms with Crippen molar-refractivity contribution in [3.63, 3.8) is 0 Å². The van der Waals surface area contributed by atoms with Gasteiger partial charge in [0.05, 0.1) is 11.1 Å². The van der Waals surface area contributed by atoms with E-state index in [1.165, 1.54) is 18.3 Å².